The maximum atomic E-state index is 6.43. The third kappa shape index (κ3) is 6.10. The lowest BCUT2D eigenvalue weighted by atomic mass is 10.2. The maximum absolute atomic E-state index is 6.43. The van der Waals surface area contributed by atoms with Crippen molar-refractivity contribution < 1.29 is 4.74 Å². The van der Waals surface area contributed by atoms with Crippen LogP contribution in [0.25, 0.3) is 11.8 Å². The number of ether oxygens (including phenoxy) is 1. The van der Waals surface area contributed by atoms with Crippen molar-refractivity contribution in [3.63, 3.8) is 0 Å². The molecule has 0 spiro atoms. The van der Waals surface area contributed by atoms with Crippen LogP contribution in [0.1, 0.15) is 24.9 Å². The summed E-state index contributed by atoms with van der Waals surface area (Å²) in [6, 6.07) is 0. The Balaban J connectivity index is 2.01. The smallest absolute Gasteiger partial charge is 0.181 e. The van der Waals surface area contributed by atoms with E-state index in [-0.39, 0.29) is 0 Å². The summed E-state index contributed by atoms with van der Waals surface area (Å²) in [7, 11) is 0. The summed E-state index contributed by atoms with van der Waals surface area (Å²) < 4.78 is 5.48. The molecular formula is C20H30N8O. The van der Waals surface area contributed by atoms with E-state index in [0.29, 0.717) is 42.7 Å². The number of hydrogen-bond acceptors (Lipinski definition) is 9. The Morgan fingerprint density at radius 1 is 1.21 bits per heavy atom. The van der Waals surface area contributed by atoms with E-state index in [2.05, 4.69) is 32.4 Å². The molecule has 0 aliphatic carbocycles. The summed E-state index contributed by atoms with van der Waals surface area (Å²) >= 11 is 0. The Morgan fingerprint density at radius 2 is 2.07 bits per heavy atom. The number of nitrogens with zero attached hydrogens (tertiary/aromatic N) is 5. The number of aliphatic imine (C=N–C) groups is 2. The second-order valence-electron chi connectivity index (χ2n) is 6.65. The molecular weight excluding hydrogens is 368 g/mol. The molecule has 9 nitrogen and oxygen atoms in total. The lowest BCUT2D eigenvalue weighted by Gasteiger charge is -2.29. The van der Waals surface area contributed by atoms with Gasteiger partial charge >= 0.3 is 0 Å². The topological polar surface area (TPSA) is 113 Å². The van der Waals surface area contributed by atoms with E-state index in [9.17, 15) is 0 Å². The average Bonchev–Trinajstić information content (AvgIpc) is 2.74. The van der Waals surface area contributed by atoms with Gasteiger partial charge in [0.2, 0.25) is 0 Å². The van der Waals surface area contributed by atoms with Crippen LogP contribution in [-0.4, -0.2) is 75.0 Å². The highest BCUT2D eigenvalue weighted by molar-refractivity contribution is 5.86. The monoisotopic (exact) mass is 398 g/mol. The third-order valence-electron chi connectivity index (χ3n) is 4.50. The first-order valence-corrected chi connectivity index (χ1v) is 10.1. The summed E-state index contributed by atoms with van der Waals surface area (Å²) in [4.78, 5) is 20.6. The highest BCUT2D eigenvalue weighted by atomic mass is 16.5. The molecule has 3 rings (SSSR count). The second-order valence-corrected chi connectivity index (χ2v) is 6.65. The molecule has 156 valence electrons. The molecule has 4 N–H and O–H groups in total. The number of nitrogen functional groups attached to an aromatic ring is 1. The van der Waals surface area contributed by atoms with Crippen molar-refractivity contribution in [3.05, 3.63) is 23.7 Å². The zero-order chi connectivity index (χ0) is 20.3. The van der Waals surface area contributed by atoms with Crippen LogP contribution >= 0.6 is 0 Å². The van der Waals surface area contributed by atoms with Gasteiger partial charge in [0.25, 0.3) is 0 Å². The number of hydrogen-bond donors (Lipinski definition) is 3. The second kappa shape index (κ2) is 11.3. The molecule has 1 aromatic rings. The number of morpholine rings is 1. The molecule has 0 amide bonds. The number of anilines is 2. The van der Waals surface area contributed by atoms with Gasteiger partial charge in [-0.15, -0.1) is 0 Å². The first-order valence-electron chi connectivity index (χ1n) is 10.1. The van der Waals surface area contributed by atoms with Crippen LogP contribution in [0.3, 0.4) is 0 Å². The van der Waals surface area contributed by atoms with E-state index in [1.54, 1.807) is 12.6 Å². The van der Waals surface area contributed by atoms with Gasteiger partial charge in [0.1, 0.15) is 11.4 Å². The molecule has 2 aliphatic rings. The molecule has 29 heavy (non-hydrogen) atoms. The quantitative estimate of drug-likeness (QED) is 0.692. The third-order valence-corrected chi connectivity index (χ3v) is 4.50. The van der Waals surface area contributed by atoms with Crippen LogP contribution in [0, 0.1) is 0 Å². The van der Waals surface area contributed by atoms with Crippen LogP contribution in [0.5, 0.6) is 0 Å². The SMILES string of the molecule is CC/C=C\c1nc(C2=C/C=N\CCNCCN\C=N\2)nc(N2CCOCC2)c1N. The van der Waals surface area contributed by atoms with Crippen LogP contribution in [0.2, 0.25) is 0 Å². The van der Waals surface area contributed by atoms with E-state index in [4.69, 9.17) is 20.4 Å². The standard InChI is InChI=1S/C20H30N8O/c1-2-3-4-16-18(21)20(28-11-13-29-14-12-28)27-19(26-16)17-5-6-22-7-8-23-9-10-24-15-25-17/h3-6,15,23H,2,7-14,21H2,1H3,(H,24,25)/b4-3-,17-5-,22-6-. The van der Waals surface area contributed by atoms with Gasteiger partial charge < -0.3 is 26.0 Å². The van der Waals surface area contributed by atoms with Gasteiger partial charge in [-0.1, -0.05) is 13.0 Å². The zero-order valence-electron chi connectivity index (χ0n) is 17.0. The van der Waals surface area contributed by atoms with E-state index in [0.717, 1.165) is 45.0 Å². The van der Waals surface area contributed by atoms with Crippen LogP contribution < -0.4 is 21.3 Å². The van der Waals surface area contributed by atoms with Gasteiger partial charge in [-0.3, -0.25) is 4.99 Å². The van der Waals surface area contributed by atoms with Crippen LogP contribution in [0.15, 0.2) is 22.1 Å². The van der Waals surface area contributed by atoms with Gasteiger partial charge in [-0.25, -0.2) is 15.0 Å². The van der Waals surface area contributed by atoms with Crippen molar-refractivity contribution in [1.29, 1.82) is 0 Å². The van der Waals surface area contributed by atoms with E-state index in [1.165, 1.54) is 0 Å². The van der Waals surface area contributed by atoms with Gasteiger partial charge in [0, 0.05) is 38.9 Å². The normalized spacial score (nSPS) is 22.8. The summed E-state index contributed by atoms with van der Waals surface area (Å²) in [5, 5.41) is 6.48. The van der Waals surface area contributed by atoms with Crippen LogP contribution in [-0.2, 0) is 4.74 Å². The van der Waals surface area contributed by atoms with E-state index >= 15 is 0 Å². The minimum absolute atomic E-state index is 0.524. The molecule has 1 saturated heterocycles. The summed E-state index contributed by atoms with van der Waals surface area (Å²) in [5.41, 5.74) is 8.35. The molecule has 1 fully saturated rings. The van der Waals surface area contributed by atoms with E-state index in [1.807, 2.05) is 18.2 Å². The summed E-state index contributed by atoms with van der Waals surface area (Å²) in [6.45, 7) is 8.07. The lowest BCUT2D eigenvalue weighted by Crippen LogP contribution is -2.37. The fourth-order valence-electron chi connectivity index (χ4n) is 2.94. The Bertz CT molecular complexity index is 781. The fraction of sp³-hybridized carbons (Fsp3) is 0.500. The predicted molar refractivity (Wildman–Crippen MR) is 120 cm³/mol. The van der Waals surface area contributed by atoms with Crippen molar-refractivity contribution in [1.82, 2.24) is 20.6 Å². The molecule has 0 saturated carbocycles. The molecule has 0 aromatic carbocycles. The highest BCUT2D eigenvalue weighted by Gasteiger charge is 2.20. The van der Waals surface area contributed by atoms with Crippen molar-refractivity contribution in [2.24, 2.45) is 9.98 Å². The summed E-state index contributed by atoms with van der Waals surface area (Å²) in [6.07, 6.45) is 10.2. The maximum Gasteiger partial charge on any atom is 0.181 e. The fourth-order valence-corrected chi connectivity index (χ4v) is 2.94. The van der Waals surface area contributed by atoms with E-state index < -0.39 is 0 Å². The number of allylic oxidation sites excluding steroid dienone is 2. The van der Waals surface area contributed by atoms with Gasteiger partial charge in [-0.2, -0.15) is 0 Å². The minimum atomic E-state index is 0.524. The number of nitrogens with one attached hydrogen (secondary N) is 2. The number of aromatic nitrogens is 2. The zero-order valence-corrected chi connectivity index (χ0v) is 17.0. The van der Waals surface area contributed by atoms with Crippen molar-refractivity contribution >= 4 is 35.8 Å². The molecule has 0 unspecified atom stereocenters. The van der Waals surface area contributed by atoms with Gasteiger partial charge in [-0.05, 0) is 18.6 Å². The lowest BCUT2D eigenvalue weighted by molar-refractivity contribution is 0.122. The highest BCUT2D eigenvalue weighted by Crippen LogP contribution is 2.27. The minimum Gasteiger partial charge on any atom is -0.394 e. The number of rotatable bonds is 4. The Morgan fingerprint density at radius 3 is 2.90 bits per heavy atom. The predicted octanol–water partition coefficient (Wildman–Crippen LogP) is 0.951. The molecule has 9 heteroatoms. The van der Waals surface area contributed by atoms with Crippen molar-refractivity contribution in [3.8, 4) is 0 Å². The first kappa shape index (κ1) is 20.9. The Hall–Kier alpha value is -2.78. The molecule has 3 heterocycles. The average molecular weight is 399 g/mol. The van der Waals surface area contributed by atoms with Gasteiger partial charge in [0.05, 0.1) is 31.8 Å². The largest absolute Gasteiger partial charge is 0.394 e. The molecule has 0 radical (unpaired) electrons. The Kier molecular flexibility index (Phi) is 8.14. The van der Waals surface area contributed by atoms with Crippen molar-refractivity contribution in [2.75, 3.05) is 63.1 Å². The number of nitrogens with two attached hydrogens (primary N) is 1. The molecule has 1 aromatic heterocycles. The van der Waals surface area contributed by atoms with Crippen molar-refractivity contribution in [2.45, 2.75) is 13.3 Å². The Labute approximate surface area is 171 Å². The summed E-state index contributed by atoms with van der Waals surface area (Å²) in [5.74, 6) is 1.25. The molecule has 0 atom stereocenters. The first-order chi connectivity index (χ1) is 14.3. The molecule has 2 aliphatic heterocycles. The van der Waals surface area contributed by atoms with Gasteiger partial charge in [0.15, 0.2) is 11.6 Å². The molecule has 0 bridgehead atoms. The van der Waals surface area contributed by atoms with Crippen LogP contribution in [0.4, 0.5) is 11.5 Å².